The Bertz CT molecular complexity index is 1180. The van der Waals surface area contributed by atoms with E-state index in [1.165, 1.54) is 37.7 Å². The lowest BCUT2D eigenvalue weighted by molar-refractivity contribution is 0.379. The second kappa shape index (κ2) is 8.13. The Kier molecular flexibility index (Phi) is 5.17. The summed E-state index contributed by atoms with van der Waals surface area (Å²) in [4.78, 5) is 0. The highest BCUT2D eigenvalue weighted by molar-refractivity contribution is 6.31. The standard InChI is InChI=1S/C25H23ClN4O/c26-20-9-5-4-8-18(20)21-19(14-27)24(28)31-25-22(21)23(29-30-25)17-12-10-16(11-13-17)15-6-2-1-3-7-15/h4-5,8-13,15,21H,1-3,6-7,28H2,(H,29,30). The predicted molar refractivity (Wildman–Crippen MR) is 121 cm³/mol. The number of fused-ring (bicyclic) bond motifs is 1. The summed E-state index contributed by atoms with van der Waals surface area (Å²) in [5.74, 6) is 0.637. The van der Waals surface area contributed by atoms with Crippen molar-refractivity contribution in [3.05, 3.63) is 81.7 Å². The Hall–Kier alpha value is -3.23. The first kappa shape index (κ1) is 19.7. The molecule has 3 aromatic rings. The van der Waals surface area contributed by atoms with Gasteiger partial charge in [-0.05, 0) is 36.0 Å². The highest BCUT2D eigenvalue weighted by atomic mass is 35.5. The molecule has 6 heteroatoms. The SMILES string of the molecule is N#CC1=C(N)Oc2n[nH]c(-c3ccc(C4CCCCC4)cc3)c2C1c1ccccc1Cl. The third kappa shape index (κ3) is 3.47. The zero-order chi connectivity index (χ0) is 21.4. The molecular formula is C25H23ClN4O. The number of nitrogens with zero attached hydrogens (tertiary/aromatic N) is 2. The van der Waals surface area contributed by atoms with E-state index in [9.17, 15) is 5.26 Å². The molecule has 1 atom stereocenters. The molecule has 2 aliphatic rings. The first-order valence-corrected chi connectivity index (χ1v) is 11.1. The van der Waals surface area contributed by atoms with Crippen molar-refractivity contribution < 1.29 is 4.74 Å². The van der Waals surface area contributed by atoms with Gasteiger partial charge in [0.05, 0.1) is 17.2 Å². The highest BCUT2D eigenvalue weighted by Gasteiger charge is 2.36. The number of nitrogens with two attached hydrogens (primary N) is 1. The molecule has 0 radical (unpaired) electrons. The Labute approximate surface area is 186 Å². The molecule has 156 valence electrons. The molecule has 5 rings (SSSR count). The van der Waals surface area contributed by atoms with E-state index in [0.717, 1.165) is 22.4 Å². The summed E-state index contributed by atoms with van der Waals surface area (Å²) in [6, 6.07) is 18.4. The van der Waals surface area contributed by atoms with Crippen LogP contribution < -0.4 is 10.5 Å². The van der Waals surface area contributed by atoms with Crippen molar-refractivity contribution in [1.82, 2.24) is 10.2 Å². The maximum absolute atomic E-state index is 9.85. The van der Waals surface area contributed by atoms with Crippen LogP contribution in [0.3, 0.4) is 0 Å². The molecule has 3 N–H and O–H groups in total. The van der Waals surface area contributed by atoms with E-state index in [0.29, 0.717) is 22.4 Å². The quantitative estimate of drug-likeness (QED) is 0.533. The molecule has 1 unspecified atom stereocenters. The van der Waals surface area contributed by atoms with Gasteiger partial charge in [0.2, 0.25) is 11.8 Å². The third-order valence-corrected chi connectivity index (χ3v) is 6.78. The van der Waals surface area contributed by atoms with Gasteiger partial charge in [0.1, 0.15) is 11.6 Å². The maximum Gasteiger partial charge on any atom is 0.244 e. The van der Waals surface area contributed by atoms with Crippen LogP contribution in [0.5, 0.6) is 5.88 Å². The summed E-state index contributed by atoms with van der Waals surface area (Å²) in [7, 11) is 0. The largest absolute Gasteiger partial charge is 0.420 e. The number of hydrogen-bond acceptors (Lipinski definition) is 4. The van der Waals surface area contributed by atoms with Crippen molar-refractivity contribution in [2.45, 2.75) is 43.9 Å². The van der Waals surface area contributed by atoms with Gasteiger partial charge < -0.3 is 10.5 Å². The topological polar surface area (TPSA) is 87.7 Å². The van der Waals surface area contributed by atoms with E-state index in [4.69, 9.17) is 22.1 Å². The summed E-state index contributed by atoms with van der Waals surface area (Å²) in [6.07, 6.45) is 6.48. The summed E-state index contributed by atoms with van der Waals surface area (Å²) < 4.78 is 5.70. The van der Waals surface area contributed by atoms with Gasteiger partial charge in [-0.1, -0.05) is 73.3 Å². The van der Waals surface area contributed by atoms with Crippen molar-refractivity contribution in [2.24, 2.45) is 5.73 Å². The summed E-state index contributed by atoms with van der Waals surface area (Å²) in [5, 5.41) is 17.9. The molecule has 1 aliphatic heterocycles. The molecule has 0 saturated heterocycles. The molecule has 2 heterocycles. The van der Waals surface area contributed by atoms with Crippen LogP contribution in [-0.2, 0) is 0 Å². The number of ether oxygens (including phenoxy) is 1. The average Bonchev–Trinajstić information content (AvgIpc) is 3.23. The van der Waals surface area contributed by atoms with E-state index in [1.54, 1.807) is 0 Å². The van der Waals surface area contributed by atoms with Crippen LogP contribution in [-0.4, -0.2) is 10.2 Å². The number of hydrogen-bond donors (Lipinski definition) is 2. The average molecular weight is 431 g/mol. The van der Waals surface area contributed by atoms with E-state index in [-0.39, 0.29) is 5.88 Å². The van der Waals surface area contributed by atoms with Gasteiger partial charge in [-0.15, -0.1) is 5.10 Å². The normalized spacial score (nSPS) is 18.9. The monoisotopic (exact) mass is 430 g/mol. The van der Waals surface area contributed by atoms with Gasteiger partial charge in [0.15, 0.2) is 0 Å². The minimum Gasteiger partial charge on any atom is -0.420 e. The smallest absolute Gasteiger partial charge is 0.244 e. The number of aromatic amines is 1. The van der Waals surface area contributed by atoms with Crippen LogP contribution in [0, 0.1) is 11.3 Å². The second-order valence-electron chi connectivity index (χ2n) is 8.22. The van der Waals surface area contributed by atoms with Gasteiger partial charge in [0.25, 0.3) is 0 Å². The second-order valence-corrected chi connectivity index (χ2v) is 8.63. The first-order chi connectivity index (χ1) is 15.2. The molecule has 1 fully saturated rings. The van der Waals surface area contributed by atoms with Crippen molar-refractivity contribution in [1.29, 1.82) is 5.26 Å². The maximum atomic E-state index is 9.85. The van der Waals surface area contributed by atoms with Gasteiger partial charge >= 0.3 is 0 Å². The van der Waals surface area contributed by atoms with Crippen LogP contribution in [0.4, 0.5) is 0 Å². The minimum atomic E-state index is -0.450. The summed E-state index contributed by atoms with van der Waals surface area (Å²) in [6.45, 7) is 0. The third-order valence-electron chi connectivity index (χ3n) is 6.43. The Morgan fingerprint density at radius 1 is 1.06 bits per heavy atom. The number of nitriles is 1. The van der Waals surface area contributed by atoms with Crippen molar-refractivity contribution in [2.75, 3.05) is 0 Å². The van der Waals surface area contributed by atoms with Gasteiger partial charge in [-0.3, -0.25) is 5.10 Å². The molecule has 1 aromatic heterocycles. The fourth-order valence-electron chi connectivity index (χ4n) is 4.84. The lowest BCUT2D eigenvalue weighted by atomic mass is 9.82. The van der Waals surface area contributed by atoms with Crippen LogP contribution in [0.2, 0.25) is 5.02 Å². The van der Waals surface area contributed by atoms with Crippen molar-refractivity contribution in [3.8, 4) is 23.2 Å². The number of allylic oxidation sites excluding steroid dienone is 1. The van der Waals surface area contributed by atoms with Crippen LogP contribution >= 0.6 is 11.6 Å². The van der Waals surface area contributed by atoms with E-state index < -0.39 is 5.92 Å². The fraction of sp³-hybridized carbons (Fsp3) is 0.280. The number of halogens is 1. The van der Waals surface area contributed by atoms with Crippen molar-refractivity contribution >= 4 is 11.6 Å². The molecule has 0 bridgehead atoms. The van der Waals surface area contributed by atoms with E-state index in [1.807, 2.05) is 24.3 Å². The van der Waals surface area contributed by atoms with Gasteiger partial charge in [-0.2, -0.15) is 5.26 Å². The fourth-order valence-corrected chi connectivity index (χ4v) is 5.09. The molecule has 1 saturated carbocycles. The number of rotatable bonds is 3. The van der Waals surface area contributed by atoms with Gasteiger partial charge in [0, 0.05) is 10.6 Å². The molecule has 2 aromatic carbocycles. The zero-order valence-electron chi connectivity index (χ0n) is 17.1. The lowest BCUT2D eigenvalue weighted by Gasteiger charge is -2.25. The number of aromatic nitrogens is 2. The number of benzene rings is 2. The minimum absolute atomic E-state index is 0.0608. The first-order valence-electron chi connectivity index (χ1n) is 10.7. The molecule has 5 nitrogen and oxygen atoms in total. The Balaban J connectivity index is 1.59. The number of H-pyrrole nitrogens is 1. The summed E-state index contributed by atoms with van der Waals surface area (Å²) >= 11 is 6.52. The molecule has 0 amide bonds. The van der Waals surface area contributed by atoms with Crippen LogP contribution in [0.25, 0.3) is 11.3 Å². The summed E-state index contributed by atoms with van der Waals surface area (Å²) in [5.41, 5.74) is 11.2. The molecule has 1 aliphatic carbocycles. The Morgan fingerprint density at radius 2 is 1.81 bits per heavy atom. The van der Waals surface area contributed by atoms with Gasteiger partial charge in [-0.25, -0.2) is 0 Å². The van der Waals surface area contributed by atoms with Crippen LogP contribution in [0.1, 0.15) is 60.6 Å². The highest BCUT2D eigenvalue weighted by Crippen LogP contribution is 2.47. The van der Waals surface area contributed by atoms with E-state index >= 15 is 0 Å². The van der Waals surface area contributed by atoms with Crippen molar-refractivity contribution in [3.63, 3.8) is 0 Å². The predicted octanol–water partition coefficient (Wildman–Crippen LogP) is 6.00. The van der Waals surface area contributed by atoms with E-state index in [2.05, 4.69) is 40.5 Å². The molecule has 0 spiro atoms. The molecular weight excluding hydrogens is 408 g/mol. The zero-order valence-corrected chi connectivity index (χ0v) is 17.8. The lowest BCUT2D eigenvalue weighted by Crippen LogP contribution is -2.21. The molecule has 31 heavy (non-hydrogen) atoms. The van der Waals surface area contributed by atoms with Crippen LogP contribution in [0.15, 0.2) is 60.0 Å². The Morgan fingerprint density at radius 3 is 2.52 bits per heavy atom. The number of nitrogens with one attached hydrogen (secondary N) is 1.